The number of pyridine rings is 1. The molecule has 0 saturated heterocycles. The Hall–Kier alpha value is -1.81. The molecule has 0 amide bonds. The molecular formula is C13H17N3O. The van der Waals surface area contributed by atoms with Gasteiger partial charge in [-0.3, -0.25) is 0 Å². The molecule has 1 atom stereocenters. The number of benzene rings is 1. The summed E-state index contributed by atoms with van der Waals surface area (Å²) < 4.78 is 0. The van der Waals surface area contributed by atoms with Crippen LogP contribution in [0.1, 0.15) is 12.6 Å². The molecule has 0 aliphatic heterocycles. The average molecular weight is 231 g/mol. The third kappa shape index (κ3) is 2.47. The first-order valence-electron chi connectivity index (χ1n) is 5.65. The van der Waals surface area contributed by atoms with E-state index in [4.69, 9.17) is 5.73 Å². The molecule has 2 aromatic rings. The van der Waals surface area contributed by atoms with Crippen LogP contribution < -0.4 is 11.1 Å². The van der Waals surface area contributed by atoms with Gasteiger partial charge in [0.1, 0.15) is 5.82 Å². The summed E-state index contributed by atoms with van der Waals surface area (Å²) in [6.07, 6.45) is -0.409. The topological polar surface area (TPSA) is 71.2 Å². The fourth-order valence-corrected chi connectivity index (χ4v) is 1.81. The molecular weight excluding hydrogens is 214 g/mol. The van der Waals surface area contributed by atoms with Crippen LogP contribution in [-0.2, 0) is 0 Å². The van der Waals surface area contributed by atoms with E-state index in [2.05, 4.69) is 10.3 Å². The molecule has 0 spiro atoms. The summed E-state index contributed by atoms with van der Waals surface area (Å²) in [5, 5.41) is 14.4. The molecule has 90 valence electrons. The van der Waals surface area contributed by atoms with Crippen LogP contribution in [0.15, 0.2) is 24.3 Å². The van der Waals surface area contributed by atoms with Gasteiger partial charge in [0.15, 0.2) is 0 Å². The molecule has 1 aromatic carbocycles. The summed E-state index contributed by atoms with van der Waals surface area (Å²) in [6.45, 7) is 4.14. The van der Waals surface area contributed by atoms with Crippen LogP contribution >= 0.6 is 0 Å². The highest BCUT2D eigenvalue weighted by Gasteiger charge is 2.06. The molecule has 0 radical (unpaired) electrons. The second-order valence-corrected chi connectivity index (χ2v) is 4.28. The maximum Gasteiger partial charge on any atom is 0.134 e. The monoisotopic (exact) mass is 231 g/mol. The number of aryl methyl sites for hydroxylation is 1. The SMILES string of the molecule is Cc1cc2c(N)cccc2c(NCC(C)O)n1. The van der Waals surface area contributed by atoms with Crippen molar-refractivity contribution in [3.05, 3.63) is 30.0 Å². The summed E-state index contributed by atoms with van der Waals surface area (Å²) in [5.41, 5.74) is 7.59. The van der Waals surface area contributed by atoms with E-state index in [1.807, 2.05) is 31.2 Å². The fraction of sp³-hybridized carbons (Fsp3) is 0.308. The van der Waals surface area contributed by atoms with Gasteiger partial charge in [0, 0.05) is 28.7 Å². The number of fused-ring (bicyclic) bond motifs is 1. The van der Waals surface area contributed by atoms with Crippen LogP contribution in [0.4, 0.5) is 11.5 Å². The van der Waals surface area contributed by atoms with Crippen molar-refractivity contribution < 1.29 is 5.11 Å². The Balaban J connectivity index is 2.50. The minimum Gasteiger partial charge on any atom is -0.398 e. The smallest absolute Gasteiger partial charge is 0.134 e. The Kier molecular flexibility index (Phi) is 3.15. The maximum absolute atomic E-state index is 9.29. The number of nitrogen functional groups attached to an aromatic ring is 1. The number of aliphatic hydroxyl groups excluding tert-OH is 1. The quantitative estimate of drug-likeness (QED) is 0.706. The van der Waals surface area contributed by atoms with Crippen LogP contribution in [-0.4, -0.2) is 22.7 Å². The van der Waals surface area contributed by atoms with Crippen LogP contribution in [0.2, 0.25) is 0 Å². The molecule has 2 rings (SSSR count). The van der Waals surface area contributed by atoms with Gasteiger partial charge in [-0.2, -0.15) is 0 Å². The zero-order chi connectivity index (χ0) is 12.4. The molecule has 0 aliphatic rings. The van der Waals surface area contributed by atoms with Gasteiger partial charge in [-0.05, 0) is 26.0 Å². The van der Waals surface area contributed by atoms with E-state index in [9.17, 15) is 5.11 Å². The van der Waals surface area contributed by atoms with Crippen LogP contribution in [0, 0.1) is 6.92 Å². The maximum atomic E-state index is 9.29. The van der Waals surface area contributed by atoms with Gasteiger partial charge < -0.3 is 16.2 Å². The number of hydrogen-bond acceptors (Lipinski definition) is 4. The lowest BCUT2D eigenvalue weighted by Gasteiger charge is -2.12. The number of nitrogens with zero attached hydrogens (tertiary/aromatic N) is 1. The third-order valence-electron chi connectivity index (χ3n) is 2.60. The molecule has 17 heavy (non-hydrogen) atoms. The van der Waals surface area contributed by atoms with Crippen molar-refractivity contribution in [2.75, 3.05) is 17.6 Å². The first-order chi connectivity index (χ1) is 8.08. The third-order valence-corrected chi connectivity index (χ3v) is 2.60. The van der Waals surface area contributed by atoms with Crippen molar-refractivity contribution in [1.29, 1.82) is 0 Å². The summed E-state index contributed by atoms with van der Waals surface area (Å²) in [5.74, 6) is 0.771. The lowest BCUT2D eigenvalue weighted by Crippen LogP contribution is -2.16. The second kappa shape index (κ2) is 4.59. The van der Waals surface area contributed by atoms with E-state index in [0.29, 0.717) is 6.54 Å². The normalized spacial score (nSPS) is 12.6. The highest BCUT2D eigenvalue weighted by atomic mass is 16.3. The number of anilines is 2. The van der Waals surface area contributed by atoms with Crippen molar-refractivity contribution >= 4 is 22.3 Å². The van der Waals surface area contributed by atoms with E-state index < -0.39 is 6.10 Å². The highest BCUT2D eigenvalue weighted by molar-refractivity contribution is 5.99. The zero-order valence-electron chi connectivity index (χ0n) is 10.1. The molecule has 1 heterocycles. The second-order valence-electron chi connectivity index (χ2n) is 4.28. The minimum absolute atomic E-state index is 0.409. The molecule has 1 aromatic heterocycles. The number of aromatic nitrogens is 1. The van der Waals surface area contributed by atoms with Crippen LogP contribution in [0.5, 0.6) is 0 Å². The molecule has 4 N–H and O–H groups in total. The summed E-state index contributed by atoms with van der Waals surface area (Å²) in [4.78, 5) is 4.44. The van der Waals surface area contributed by atoms with Gasteiger partial charge in [-0.25, -0.2) is 4.98 Å². The molecule has 4 nitrogen and oxygen atoms in total. The minimum atomic E-state index is -0.409. The van der Waals surface area contributed by atoms with Crippen molar-refractivity contribution in [2.24, 2.45) is 0 Å². The Morgan fingerprint density at radius 2 is 2.18 bits per heavy atom. The highest BCUT2D eigenvalue weighted by Crippen LogP contribution is 2.26. The van der Waals surface area contributed by atoms with Gasteiger partial charge in [0.2, 0.25) is 0 Å². The first-order valence-corrected chi connectivity index (χ1v) is 5.65. The fourth-order valence-electron chi connectivity index (χ4n) is 1.81. The average Bonchev–Trinajstić information content (AvgIpc) is 2.27. The van der Waals surface area contributed by atoms with E-state index >= 15 is 0 Å². The molecule has 0 aliphatic carbocycles. The van der Waals surface area contributed by atoms with Gasteiger partial charge in [-0.15, -0.1) is 0 Å². The molecule has 0 fully saturated rings. The number of aliphatic hydroxyl groups is 1. The number of hydrogen-bond donors (Lipinski definition) is 3. The summed E-state index contributed by atoms with van der Waals surface area (Å²) >= 11 is 0. The lowest BCUT2D eigenvalue weighted by atomic mass is 10.1. The predicted octanol–water partition coefficient (Wildman–Crippen LogP) is 1.92. The van der Waals surface area contributed by atoms with Crippen molar-refractivity contribution in [3.63, 3.8) is 0 Å². The van der Waals surface area contributed by atoms with Gasteiger partial charge in [-0.1, -0.05) is 12.1 Å². The van der Waals surface area contributed by atoms with Gasteiger partial charge in [0.05, 0.1) is 6.10 Å². The van der Waals surface area contributed by atoms with Gasteiger partial charge in [0.25, 0.3) is 0 Å². The summed E-state index contributed by atoms with van der Waals surface area (Å²) in [6, 6.07) is 7.73. The first kappa shape index (κ1) is 11.7. The predicted molar refractivity (Wildman–Crippen MR) is 71.1 cm³/mol. The number of nitrogens with two attached hydrogens (primary N) is 1. The van der Waals surface area contributed by atoms with Crippen LogP contribution in [0.3, 0.4) is 0 Å². The zero-order valence-corrected chi connectivity index (χ0v) is 10.1. The lowest BCUT2D eigenvalue weighted by molar-refractivity contribution is 0.208. The van der Waals surface area contributed by atoms with Crippen LogP contribution in [0.25, 0.3) is 10.8 Å². The van der Waals surface area contributed by atoms with E-state index in [0.717, 1.165) is 28.0 Å². The van der Waals surface area contributed by atoms with E-state index in [-0.39, 0.29) is 0 Å². The van der Waals surface area contributed by atoms with Crippen molar-refractivity contribution in [1.82, 2.24) is 4.98 Å². The Labute approximate surface area is 100 Å². The molecule has 4 heteroatoms. The Bertz CT molecular complexity index is 537. The van der Waals surface area contributed by atoms with E-state index in [1.165, 1.54) is 0 Å². The number of nitrogens with one attached hydrogen (secondary N) is 1. The molecule has 1 unspecified atom stereocenters. The van der Waals surface area contributed by atoms with E-state index in [1.54, 1.807) is 6.92 Å². The molecule has 0 saturated carbocycles. The van der Waals surface area contributed by atoms with Crippen molar-refractivity contribution in [3.8, 4) is 0 Å². The summed E-state index contributed by atoms with van der Waals surface area (Å²) in [7, 11) is 0. The van der Waals surface area contributed by atoms with Gasteiger partial charge >= 0.3 is 0 Å². The standard InChI is InChI=1S/C13H17N3O/c1-8-6-11-10(4-3-5-12(11)14)13(16-8)15-7-9(2)17/h3-6,9,17H,7,14H2,1-2H3,(H,15,16). The Morgan fingerprint density at radius 3 is 2.88 bits per heavy atom. The van der Waals surface area contributed by atoms with Crippen molar-refractivity contribution in [2.45, 2.75) is 20.0 Å². The molecule has 0 bridgehead atoms. The Morgan fingerprint density at radius 1 is 1.41 bits per heavy atom. The largest absolute Gasteiger partial charge is 0.398 e. The number of rotatable bonds is 3.